The van der Waals surface area contributed by atoms with Crippen molar-refractivity contribution in [2.24, 2.45) is 17.8 Å². The summed E-state index contributed by atoms with van der Waals surface area (Å²) in [5, 5.41) is 3.00. The van der Waals surface area contributed by atoms with Gasteiger partial charge in [-0.3, -0.25) is 9.59 Å². The minimum absolute atomic E-state index is 0.0205. The Balaban J connectivity index is 1.25. The summed E-state index contributed by atoms with van der Waals surface area (Å²) >= 11 is 0. The Morgan fingerprint density at radius 1 is 1.19 bits per heavy atom. The topological polar surface area (TPSA) is 65.5 Å². The molecule has 4 aliphatic rings. The van der Waals surface area contributed by atoms with Crippen LogP contribution in [0, 0.1) is 17.8 Å². The molecule has 2 bridgehead atoms. The molecule has 1 aromatic rings. The normalized spacial score (nSPS) is 30.1. The lowest BCUT2D eigenvalue weighted by molar-refractivity contribution is -0.142. The van der Waals surface area contributed by atoms with Crippen LogP contribution in [0.2, 0.25) is 0 Å². The van der Waals surface area contributed by atoms with Crippen LogP contribution in [0.1, 0.15) is 48.9 Å². The summed E-state index contributed by atoms with van der Waals surface area (Å²) in [6.07, 6.45) is 8.31. The molecule has 1 N–H and O–H groups in total. The van der Waals surface area contributed by atoms with Gasteiger partial charge >= 0.3 is 0 Å². The summed E-state index contributed by atoms with van der Waals surface area (Å²) in [6.45, 7) is 3.60. The Morgan fingerprint density at radius 2 is 2.07 bits per heavy atom. The van der Waals surface area contributed by atoms with Gasteiger partial charge in [0.15, 0.2) is 0 Å². The molecule has 6 nitrogen and oxygen atoms in total. The number of amides is 2. The smallest absolute Gasteiger partial charge is 0.252 e. The summed E-state index contributed by atoms with van der Waals surface area (Å²) in [4.78, 5) is 33.6. The van der Waals surface area contributed by atoms with Crippen molar-refractivity contribution >= 4 is 17.6 Å². The first-order valence-corrected chi connectivity index (χ1v) is 10.5. The van der Waals surface area contributed by atoms with E-state index in [-0.39, 0.29) is 5.91 Å². The lowest BCUT2D eigenvalue weighted by Crippen LogP contribution is -2.60. The Morgan fingerprint density at radius 3 is 2.85 bits per heavy atom. The van der Waals surface area contributed by atoms with E-state index in [0.717, 1.165) is 51.3 Å². The van der Waals surface area contributed by atoms with Gasteiger partial charge in [-0.25, -0.2) is 4.98 Å². The molecule has 1 saturated carbocycles. The molecule has 2 amide bonds. The van der Waals surface area contributed by atoms with E-state index < -0.39 is 0 Å². The van der Waals surface area contributed by atoms with Crippen molar-refractivity contribution in [1.82, 2.24) is 15.2 Å². The fourth-order valence-electron chi connectivity index (χ4n) is 5.17. The molecule has 144 valence electrons. The summed E-state index contributed by atoms with van der Waals surface area (Å²) in [7, 11) is 0. The van der Waals surface area contributed by atoms with Crippen molar-refractivity contribution in [3.8, 4) is 0 Å². The van der Waals surface area contributed by atoms with Crippen LogP contribution in [-0.4, -0.2) is 53.9 Å². The van der Waals surface area contributed by atoms with E-state index in [1.54, 1.807) is 6.20 Å². The maximum absolute atomic E-state index is 12.3. The van der Waals surface area contributed by atoms with Crippen LogP contribution in [0.25, 0.3) is 0 Å². The molecule has 4 fully saturated rings. The lowest BCUT2D eigenvalue weighted by atomic mass is 9.76. The van der Waals surface area contributed by atoms with Gasteiger partial charge in [-0.2, -0.15) is 0 Å². The maximum Gasteiger partial charge on any atom is 0.252 e. The molecular weight excluding hydrogens is 340 g/mol. The molecule has 2 unspecified atom stereocenters. The van der Waals surface area contributed by atoms with Gasteiger partial charge in [0.2, 0.25) is 5.91 Å². The van der Waals surface area contributed by atoms with Crippen LogP contribution in [0.15, 0.2) is 18.3 Å². The minimum Gasteiger partial charge on any atom is -0.356 e. The average Bonchev–Trinajstić information content (AvgIpc) is 3.51. The van der Waals surface area contributed by atoms with Gasteiger partial charge in [0, 0.05) is 44.8 Å². The van der Waals surface area contributed by atoms with Crippen molar-refractivity contribution in [1.29, 1.82) is 0 Å². The molecule has 3 atom stereocenters. The first-order valence-electron chi connectivity index (χ1n) is 10.5. The summed E-state index contributed by atoms with van der Waals surface area (Å²) in [5.41, 5.74) is 0.639. The monoisotopic (exact) mass is 368 g/mol. The number of fused-ring (bicyclic) bond motifs is 4. The van der Waals surface area contributed by atoms with Crippen molar-refractivity contribution in [2.45, 2.75) is 44.6 Å². The highest BCUT2D eigenvalue weighted by Gasteiger charge is 2.44. The first kappa shape index (κ1) is 17.0. The zero-order valence-corrected chi connectivity index (χ0v) is 15.8. The van der Waals surface area contributed by atoms with Gasteiger partial charge < -0.3 is 15.1 Å². The van der Waals surface area contributed by atoms with Crippen LogP contribution in [0.5, 0.6) is 0 Å². The third-order valence-electron chi connectivity index (χ3n) is 6.76. The maximum atomic E-state index is 12.3. The van der Waals surface area contributed by atoms with Crippen LogP contribution < -0.4 is 10.2 Å². The van der Waals surface area contributed by atoms with E-state index in [1.807, 2.05) is 12.1 Å². The second kappa shape index (κ2) is 6.80. The predicted octanol–water partition coefficient (Wildman–Crippen LogP) is 2.06. The third kappa shape index (κ3) is 3.42. The number of piperidine rings is 3. The van der Waals surface area contributed by atoms with E-state index in [2.05, 4.69) is 20.1 Å². The summed E-state index contributed by atoms with van der Waals surface area (Å²) in [5.74, 6) is 3.05. The van der Waals surface area contributed by atoms with E-state index >= 15 is 0 Å². The SMILES string of the molecule is O=C(NCC1CC1)c1ccc(N2CC3CC(C2)[C@H]2CCCC(=O)N2C3)nc1. The van der Waals surface area contributed by atoms with E-state index in [0.29, 0.717) is 35.3 Å². The fourth-order valence-corrected chi connectivity index (χ4v) is 5.17. The number of hydrogen-bond acceptors (Lipinski definition) is 4. The minimum atomic E-state index is -0.0205. The van der Waals surface area contributed by atoms with Crippen LogP contribution in [-0.2, 0) is 4.79 Å². The van der Waals surface area contributed by atoms with E-state index in [9.17, 15) is 9.59 Å². The second-order valence-corrected chi connectivity index (χ2v) is 8.83. The third-order valence-corrected chi connectivity index (χ3v) is 6.76. The molecule has 5 rings (SSSR count). The Labute approximate surface area is 160 Å². The predicted molar refractivity (Wildman–Crippen MR) is 102 cm³/mol. The van der Waals surface area contributed by atoms with Crippen molar-refractivity contribution in [2.75, 3.05) is 31.1 Å². The number of carbonyl (C=O) groups is 2. The molecule has 1 aliphatic carbocycles. The fraction of sp³-hybridized carbons (Fsp3) is 0.667. The Kier molecular flexibility index (Phi) is 4.29. The number of anilines is 1. The molecular formula is C21H28N4O2. The number of nitrogens with zero attached hydrogens (tertiary/aromatic N) is 3. The molecule has 0 aromatic carbocycles. The number of nitrogens with one attached hydrogen (secondary N) is 1. The van der Waals surface area contributed by atoms with Gasteiger partial charge in [0.1, 0.15) is 5.82 Å². The van der Waals surface area contributed by atoms with Crippen molar-refractivity contribution in [3.05, 3.63) is 23.9 Å². The first-order chi connectivity index (χ1) is 13.2. The lowest BCUT2D eigenvalue weighted by Gasteiger charge is -2.52. The standard InChI is InChI=1S/C21H28N4O2/c26-20-3-1-2-18-17-8-15(12-25(18)20)11-24(13-17)19-7-6-16(10-22-19)21(27)23-9-14-4-5-14/h6-7,10,14-15,17-18H,1-5,8-9,11-13H2,(H,23,27)/t15?,17?,18-/m1/s1. The van der Waals surface area contributed by atoms with Gasteiger partial charge in [-0.05, 0) is 62.0 Å². The molecule has 0 radical (unpaired) electrons. The van der Waals surface area contributed by atoms with Crippen molar-refractivity contribution in [3.63, 3.8) is 0 Å². The van der Waals surface area contributed by atoms with Gasteiger partial charge in [0.05, 0.1) is 5.56 Å². The van der Waals surface area contributed by atoms with Crippen LogP contribution >= 0.6 is 0 Å². The molecule has 0 spiro atoms. The number of pyridine rings is 1. The largest absolute Gasteiger partial charge is 0.356 e. The van der Waals surface area contributed by atoms with E-state index in [1.165, 1.54) is 19.3 Å². The Bertz CT molecular complexity index is 730. The zero-order chi connectivity index (χ0) is 18.4. The van der Waals surface area contributed by atoms with Gasteiger partial charge in [0.25, 0.3) is 5.91 Å². The number of carbonyl (C=O) groups excluding carboxylic acids is 2. The molecule has 3 aliphatic heterocycles. The molecule has 4 heterocycles. The molecule has 27 heavy (non-hydrogen) atoms. The Hall–Kier alpha value is -2.11. The van der Waals surface area contributed by atoms with E-state index in [4.69, 9.17) is 0 Å². The molecule has 6 heteroatoms. The number of aromatic nitrogens is 1. The van der Waals surface area contributed by atoms with Crippen molar-refractivity contribution < 1.29 is 9.59 Å². The summed E-state index contributed by atoms with van der Waals surface area (Å²) in [6, 6.07) is 4.29. The van der Waals surface area contributed by atoms with Crippen LogP contribution in [0.3, 0.4) is 0 Å². The van der Waals surface area contributed by atoms with Crippen LogP contribution in [0.4, 0.5) is 5.82 Å². The zero-order valence-electron chi connectivity index (χ0n) is 15.8. The number of rotatable bonds is 4. The average molecular weight is 368 g/mol. The van der Waals surface area contributed by atoms with Gasteiger partial charge in [-0.1, -0.05) is 0 Å². The van der Waals surface area contributed by atoms with Gasteiger partial charge in [-0.15, -0.1) is 0 Å². The highest BCUT2D eigenvalue weighted by molar-refractivity contribution is 5.94. The summed E-state index contributed by atoms with van der Waals surface area (Å²) < 4.78 is 0. The number of hydrogen-bond donors (Lipinski definition) is 1. The highest BCUT2D eigenvalue weighted by atomic mass is 16.2. The quantitative estimate of drug-likeness (QED) is 0.883. The molecule has 3 saturated heterocycles. The highest BCUT2D eigenvalue weighted by Crippen LogP contribution is 2.38. The molecule has 1 aromatic heterocycles. The second-order valence-electron chi connectivity index (χ2n) is 8.83.